The second-order valence-electron chi connectivity index (χ2n) is 6.20. The summed E-state index contributed by atoms with van der Waals surface area (Å²) in [4.78, 5) is 36.3. The van der Waals surface area contributed by atoms with Crippen molar-refractivity contribution < 1.29 is 9.59 Å². The predicted octanol–water partition coefficient (Wildman–Crippen LogP) is 2.01. The molecule has 3 rings (SSSR count). The number of aromatic nitrogens is 1. The van der Waals surface area contributed by atoms with Crippen molar-refractivity contribution in [2.45, 2.75) is 0 Å². The van der Waals surface area contributed by atoms with Crippen LogP contribution in [0.1, 0.15) is 4.88 Å². The Morgan fingerprint density at radius 1 is 1.08 bits per heavy atom. The van der Waals surface area contributed by atoms with Gasteiger partial charge in [-0.3, -0.25) is 9.59 Å². The zero-order valence-corrected chi connectivity index (χ0v) is 16.5. The molecule has 0 saturated carbocycles. The first-order valence-corrected chi connectivity index (χ1v) is 9.34. The predicted molar refractivity (Wildman–Crippen MR) is 101 cm³/mol. The molecule has 25 heavy (non-hydrogen) atoms. The Balaban J connectivity index is 1.96. The molecule has 1 aliphatic heterocycles. The van der Waals surface area contributed by atoms with Crippen molar-refractivity contribution in [3.8, 4) is 0 Å². The lowest BCUT2D eigenvalue weighted by atomic mass is 9.98. The van der Waals surface area contributed by atoms with E-state index in [4.69, 9.17) is 23.2 Å². The summed E-state index contributed by atoms with van der Waals surface area (Å²) in [5.41, 5.74) is 0.353. The SMILES string of the molecule is CN1CCN(C2=C(Cl)C(=O)C(c3cnc(N(C)C)s3)=C(Cl)C2=O)CC1. The van der Waals surface area contributed by atoms with E-state index in [1.54, 1.807) is 6.20 Å². The van der Waals surface area contributed by atoms with Crippen LogP contribution in [0.25, 0.3) is 5.57 Å². The zero-order chi connectivity index (χ0) is 18.3. The maximum atomic E-state index is 12.8. The first kappa shape index (κ1) is 18.4. The Kier molecular flexibility index (Phi) is 5.20. The molecule has 2 aliphatic rings. The number of hydrogen-bond donors (Lipinski definition) is 0. The van der Waals surface area contributed by atoms with Gasteiger partial charge in [-0.1, -0.05) is 34.5 Å². The van der Waals surface area contributed by atoms with E-state index >= 15 is 0 Å². The first-order chi connectivity index (χ1) is 11.8. The minimum atomic E-state index is -0.422. The van der Waals surface area contributed by atoms with Gasteiger partial charge in [-0.25, -0.2) is 4.98 Å². The summed E-state index contributed by atoms with van der Waals surface area (Å²) in [7, 11) is 5.72. The number of ketones is 2. The summed E-state index contributed by atoms with van der Waals surface area (Å²) in [5, 5.41) is 0.572. The Morgan fingerprint density at radius 3 is 2.28 bits per heavy atom. The Labute approximate surface area is 160 Å². The molecule has 0 unspecified atom stereocenters. The van der Waals surface area contributed by atoms with Gasteiger partial charge in [0.1, 0.15) is 15.8 Å². The summed E-state index contributed by atoms with van der Waals surface area (Å²) in [6.07, 6.45) is 1.55. The van der Waals surface area contributed by atoms with E-state index < -0.39 is 11.6 Å². The molecule has 0 aromatic carbocycles. The lowest BCUT2D eigenvalue weighted by Gasteiger charge is -2.36. The Morgan fingerprint density at radius 2 is 1.72 bits per heavy atom. The van der Waals surface area contributed by atoms with E-state index in [1.165, 1.54) is 11.3 Å². The molecule has 1 aliphatic carbocycles. The van der Waals surface area contributed by atoms with Crippen LogP contribution in [-0.2, 0) is 9.59 Å². The molecule has 1 aromatic heterocycles. The van der Waals surface area contributed by atoms with Crippen LogP contribution in [0.3, 0.4) is 0 Å². The molecule has 1 fully saturated rings. The summed E-state index contributed by atoms with van der Waals surface area (Å²) >= 11 is 13.9. The van der Waals surface area contributed by atoms with Crippen LogP contribution < -0.4 is 4.90 Å². The Bertz CT molecular complexity index is 792. The molecule has 2 heterocycles. The average Bonchev–Trinajstić information content (AvgIpc) is 3.05. The summed E-state index contributed by atoms with van der Waals surface area (Å²) in [6.45, 7) is 2.85. The molecule has 0 spiro atoms. The minimum Gasteiger partial charge on any atom is -0.364 e. The number of anilines is 1. The van der Waals surface area contributed by atoms with Crippen LogP contribution in [0.15, 0.2) is 22.0 Å². The first-order valence-electron chi connectivity index (χ1n) is 7.77. The van der Waals surface area contributed by atoms with Gasteiger partial charge in [0, 0.05) is 46.5 Å². The number of hydrogen-bond acceptors (Lipinski definition) is 7. The van der Waals surface area contributed by atoms with Gasteiger partial charge in [-0.15, -0.1) is 0 Å². The highest BCUT2D eigenvalue weighted by molar-refractivity contribution is 7.17. The number of nitrogens with zero attached hydrogens (tertiary/aromatic N) is 4. The van der Waals surface area contributed by atoms with Crippen molar-refractivity contribution >= 4 is 56.8 Å². The van der Waals surface area contributed by atoms with Crippen molar-refractivity contribution in [1.29, 1.82) is 0 Å². The van der Waals surface area contributed by atoms with Crippen LogP contribution in [-0.4, -0.2) is 73.7 Å². The van der Waals surface area contributed by atoms with E-state index in [-0.39, 0.29) is 21.3 Å². The molecular weight excluding hydrogens is 383 g/mol. The fourth-order valence-corrected chi connectivity index (χ4v) is 4.27. The number of Topliss-reactive ketones (excluding diaryl/α,β-unsaturated/α-hetero) is 2. The van der Waals surface area contributed by atoms with Crippen molar-refractivity contribution in [3.63, 3.8) is 0 Å². The third-order valence-corrected chi connectivity index (χ3v) is 6.10. The van der Waals surface area contributed by atoms with Crippen molar-refractivity contribution in [3.05, 3.63) is 26.8 Å². The number of rotatable bonds is 3. The van der Waals surface area contributed by atoms with Crippen LogP contribution in [0.4, 0.5) is 5.13 Å². The number of piperazine rings is 1. The van der Waals surface area contributed by atoms with Crippen molar-refractivity contribution in [2.24, 2.45) is 0 Å². The van der Waals surface area contributed by atoms with Gasteiger partial charge in [0.2, 0.25) is 11.6 Å². The van der Waals surface area contributed by atoms with E-state index in [1.807, 2.05) is 30.9 Å². The van der Waals surface area contributed by atoms with Gasteiger partial charge < -0.3 is 14.7 Å². The number of likely N-dealkylation sites (N-methyl/N-ethyl adjacent to an activating group) is 1. The normalized spacial score (nSPS) is 20.0. The van der Waals surface area contributed by atoms with Crippen LogP contribution in [0.5, 0.6) is 0 Å². The molecule has 0 atom stereocenters. The van der Waals surface area contributed by atoms with Crippen LogP contribution in [0, 0.1) is 0 Å². The monoisotopic (exact) mass is 400 g/mol. The topological polar surface area (TPSA) is 56.8 Å². The van der Waals surface area contributed by atoms with Crippen LogP contribution in [0.2, 0.25) is 0 Å². The third-order valence-electron chi connectivity index (χ3n) is 4.21. The standard InChI is InChI=1S/C16H18Cl2N4O2S/c1-20(2)16-19-8-9(25-16)10-11(17)15(24)13(12(18)14(10)23)22-6-4-21(3)5-7-22/h8H,4-7H2,1-3H3. The fourth-order valence-electron chi connectivity index (χ4n) is 2.75. The quantitative estimate of drug-likeness (QED) is 0.723. The molecule has 0 bridgehead atoms. The Hall–Kier alpha value is -1.41. The molecule has 1 aromatic rings. The van der Waals surface area contributed by atoms with Crippen molar-refractivity contribution in [1.82, 2.24) is 14.8 Å². The maximum Gasteiger partial charge on any atom is 0.222 e. The summed E-state index contributed by atoms with van der Waals surface area (Å²) in [5.74, 6) is -0.820. The molecule has 0 amide bonds. The highest BCUT2D eigenvalue weighted by atomic mass is 35.5. The lowest BCUT2D eigenvalue weighted by molar-refractivity contribution is -0.116. The van der Waals surface area contributed by atoms with Crippen LogP contribution >= 0.6 is 34.5 Å². The number of allylic oxidation sites excluding steroid dienone is 3. The van der Waals surface area contributed by atoms with Gasteiger partial charge in [-0.2, -0.15) is 0 Å². The molecule has 134 valence electrons. The largest absolute Gasteiger partial charge is 0.364 e. The van der Waals surface area contributed by atoms with Gasteiger partial charge in [0.05, 0.1) is 10.5 Å². The number of carbonyl (C=O) groups is 2. The zero-order valence-electron chi connectivity index (χ0n) is 14.2. The molecule has 0 N–H and O–H groups in total. The van der Waals surface area contributed by atoms with Gasteiger partial charge in [0.15, 0.2) is 5.13 Å². The number of carbonyl (C=O) groups excluding carboxylic acids is 2. The molecule has 6 nitrogen and oxygen atoms in total. The van der Waals surface area contributed by atoms with Gasteiger partial charge in [-0.05, 0) is 7.05 Å². The number of thiazole rings is 1. The summed E-state index contributed by atoms with van der Waals surface area (Å²) in [6, 6.07) is 0. The second kappa shape index (κ2) is 7.07. The minimum absolute atomic E-state index is 0.0613. The van der Waals surface area contributed by atoms with E-state index in [2.05, 4.69) is 9.88 Å². The maximum absolute atomic E-state index is 12.8. The second-order valence-corrected chi connectivity index (χ2v) is 7.97. The van der Waals surface area contributed by atoms with E-state index in [0.717, 1.165) is 18.2 Å². The molecular formula is C16H18Cl2N4O2S. The van der Waals surface area contributed by atoms with Gasteiger partial charge >= 0.3 is 0 Å². The smallest absolute Gasteiger partial charge is 0.222 e. The summed E-state index contributed by atoms with van der Waals surface area (Å²) < 4.78 is 0. The molecule has 9 heteroatoms. The highest BCUT2D eigenvalue weighted by Gasteiger charge is 2.38. The number of halogens is 2. The fraction of sp³-hybridized carbons (Fsp3) is 0.438. The lowest BCUT2D eigenvalue weighted by Crippen LogP contribution is -2.46. The van der Waals surface area contributed by atoms with Gasteiger partial charge in [0.25, 0.3) is 0 Å². The third kappa shape index (κ3) is 3.33. The highest BCUT2D eigenvalue weighted by Crippen LogP contribution is 2.39. The molecule has 0 radical (unpaired) electrons. The van der Waals surface area contributed by atoms with E-state index in [9.17, 15) is 9.59 Å². The van der Waals surface area contributed by atoms with E-state index in [0.29, 0.717) is 18.0 Å². The molecule has 1 saturated heterocycles. The average molecular weight is 401 g/mol. The van der Waals surface area contributed by atoms with Crippen molar-refractivity contribution in [2.75, 3.05) is 52.2 Å².